The molecule has 0 aliphatic heterocycles. The van der Waals surface area contributed by atoms with E-state index >= 15 is 0 Å². The van der Waals surface area contributed by atoms with Crippen molar-refractivity contribution in [2.24, 2.45) is 0 Å². The normalized spacial score (nSPS) is 18.0. The zero-order valence-electron chi connectivity index (χ0n) is 9.11. The summed E-state index contributed by atoms with van der Waals surface area (Å²) in [6.07, 6.45) is 5.45. The van der Waals surface area contributed by atoms with Gasteiger partial charge in [0.05, 0.1) is 11.2 Å². The van der Waals surface area contributed by atoms with Crippen molar-refractivity contribution in [1.82, 2.24) is 4.98 Å². The van der Waals surface area contributed by atoms with Gasteiger partial charge >= 0.3 is 0 Å². The number of pyridine rings is 1. The summed E-state index contributed by atoms with van der Waals surface area (Å²) in [5.74, 6) is 0.560. The maximum Gasteiger partial charge on any atom is 0.143 e. The molecule has 1 aromatic heterocycles. The number of aromatic nitrogens is 1. The first-order valence-corrected chi connectivity index (χ1v) is 5.55. The van der Waals surface area contributed by atoms with E-state index in [1.165, 1.54) is 0 Å². The number of nitrogens with one attached hydrogen (secondary N) is 1. The van der Waals surface area contributed by atoms with E-state index in [1.54, 1.807) is 18.3 Å². The standard InChI is InChI=1S/C12H15N3O/c13-8-10-4-3-7-14-11(10)15-9-12(16)5-1-2-6-12/h3-4,7,16H,1-2,5-6,9H2,(H,14,15). The van der Waals surface area contributed by atoms with Crippen molar-refractivity contribution in [3.8, 4) is 6.07 Å². The van der Waals surface area contributed by atoms with Gasteiger partial charge in [0, 0.05) is 12.7 Å². The highest BCUT2D eigenvalue weighted by atomic mass is 16.3. The third kappa shape index (κ3) is 2.31. The largest absolute Gasteiger partial charge is 0.388 e. The lowest BCUT2D eigenvalue weighted by Gasteiger charge is -2.22. The first-order valence-electron chi connectivity index (χ1n) is 5.55. The lowest BCUT2D eigenvalue weighted by atomic mass is 10.0. The van der Waals surface area contributed by atoms with Crippen LogP contribution >= 0.6 is 0 Å². The van der Waals surface area contributed by atoms with Crippen LogP contribution in [0.25, 0.3) is 0 Å². The number of hydrogen-bond acceptors (Lipinski definition) is 4. The Morgan fingerprint density at radius 2 is 2.25 bits per heavy atom. The van der Waals surface area contributed by atoms with Crippen LogP contribution in [0.5, 0.6) is 0 Å². The van der Waals surface area contributed by atoms with Crippen LogP contribution in [0.4, 0.5) is 5.82 Å². The molecule has 0 spiro atoms. The molecular weight excluding hydrogens is 202 g/mol. The number of anilines is 1. The lowest BCUT2D eigenvalue weighted by molar-refractivity contribution is 0.0614. The van der Waals surface area contributed by atoms with Gasteiger partial charge in [0.15, 0.2) is 0 Å². The summed E-state index contributed by atoms with van der Waals surface area (Å²) >= 11 is 0. The number of nitrogens with zero attached hydrogens (tertiary/aromatic N) is 2. The van der Waals surface area contributed by atoms with Gasteiger partial charge in [-0.05, 0) is 25.0 Å². The molecule has 1 aliphatic rings. The Hall–Kier alpha value is -1.60. The van der Waals surface area contributed by atoms with Crippen LogP contribution in [-0.2, 0) is 0 Å². The van der Waals surface area contributed by atoms with Crippen molar-refractivity contribution in [1.29, 1.82) is 5.26 Å². The summed E-state index contributed by atoms with van der Waals surface area (Å²) in [7, 11) is 0. The maximum atomic E-state index is 10.1. The molecule has 0 aromatic carbocycles. The van der Waals surface area contributed by atoms with E-state index in [-0.39, 0.29) is 0 Å². The van der Waals surface area contributed by atoms with E-state index in [0.717, 1.165) is 25.7 Å². The van der Waals surface area contributed by atoms with Crippen LogP contribution in [-0.4, -0.2) is 22.2 Å². The van der Waals surface area contributed by atoms with Gasteiger partial charge in [-0.2, -0.15) is 5.26 Å². The summed E-state index contributed by atoms with van der Waals surface area (Å²) in [5, 5.41) is 22.1. The second-order valence-electron chi connectivity index (χ2n) is 4.30. The molecule has 0 radical (unpaired) electrons. The smallest absolute Gasteiger partial charge is 0.143 e. The molecule has 0 bridgehead atoms. The topological polar surface area (TPSA) is 68.9 Å². The molecule has 1 heterocycles. The van der Waals surface area contributed by atoms with Gasteiger partial charge in [0.1, 0.15) is 11.9 Å². The molecule has 4 nitrogen and oxygen atoms in total. The number of hydrogen-bond donors (Lipinski definition) is 2. The first-order chi connectivity index (χ1) is 7.73. The van der Waals surface area contributed by atoms with Gasteiger partial charge in [0.2, 0.25) is 0 Å². The van der Waals surface area contributed by atoms with Crippen LogP contribution < -0.4 is 5.32 Å². The number of aliphatic hydroxyl groups is 1. The molecule has 2 rings (SSSR count). The summed E-state index contributed by atoms with van der Waals surface area (Å²) in [6.45, 7) is 0.471. The minimum atomic E-state index is -0.621. The van der Waals surface area contributed by atoms with E-state index in [0.29, 0.717) is 17.9 Å². The second-order valence-corrected chi connectivity index (χ2v) is 4.30. The Kier molecular flexibility index (Phi) is 3.07. The van der Waals surface area contributed by atoms with Crippen molar-refractivity contribution in [2.45, 2.75) is 31.3 Å². The Labute approximate surface area is 94.9 Å². The zero-order valence-corrected chi connectivity index (χ0v) is 9.11. The molecule has 0 atom stereocenters. The average molecular weight is 217 g/mol. The molecular formula is C12H15N3O. The second kappa shape index (κ2) is 4.50. The SMILES string of the molecule is N#Cc1cccnc1NCC1(O)CCCC1. The van der Waals surface area contributed by atoms with Crippen LogP contribution in [0.2, 0.25) is 0 Å². The van der Waals surface area contributed by atoms with Crippen molar-refractivity contribution < 1.29 is 5.11 Å². The highest BCUT2D eigenvalue weighted by molar-refractivity contribution is 5.51. The van der Waals surface area contributed by atoms with E-state index in [9.17, 15) is 5.11 Å². The van der Waals surface area contributed by atoms with E-state index in [1.807, 2.05) is 0 Å². The minimum absolute atomic E-state index is 0.471. The highest BCUT2D eigenvalue weighted by Gasteiger charge is 2.30. The predicted octanol–water partition coefficient (Wildman–Crippen LogP) is 1.67. The monoisotopic (exact) mass is 217 g/mol. The predicted molar refractivity (Wildman–Crippen MR) is 60.9 cm³/mol. The zero-order chi connectivity index (χ0) is 11.4. The third-order valence-electron chi connectivity index (χ3n) is 3.05. The quantitative estimate of drug-likeness (QED) is 0.808. The maximum absolute atomic E-state index is 10.1. The van der Waals surface area contributed by atoms with E-state index in [4.69, 9.17) is 5.26 Å². The molecule has 84 valence electrons. The molecule has 2 N–H and O–H groups in total. The van der Waals surface area contributed by atoms with Crippen molar-refractivity contribution in [3.63, 3.8) is 0 Å². The van der Waals surface area contributed by atoms with Gasteiger partial charge in [-0.25, -0.2) is 4.98 Å². The van der Waals surface area contributed by atoms with Crippen molar-refractivity contribution >= 4 is 5.82 Å². The highest BCUT2D eigenvalue weighted by Crippen LogP contribution is 2.29. The minimum Gasteiger partial charge on any atom is -0.388 e. The molecule has 1 aromatic rings. The van der Waals surface area contributed by atoms with E-state index in [2.05, 4.69) is 16.4 Å². The molecule has 0 amide bonds. The first kappa shape index (κ1) is 10.9. The molecule has 16 heavy (non-hydrogen) atoms. The van der Waals surface area contributed by atoms with Crippen LogP contribution in [0.1, 0.15) is 31.2 Å². The lowest BCUT2D eigenvalue weighted by Crippen LogP contribution is -2.33. The molecule has 0 saturated heterocycles. The van der Waals surface area contributed by atoms with Crippen molar-refractivity contribution in [2.75, 3.05) is 11.9 Å². The van der Waals surface area contributed by atoms with Gasteiger partial charge in [-0.3, -0.25) is 0 Å². The van der Waals surface area contributed by atoms with Gasteiger partial charge in [0.25, 0.3) is 0 Å². The molecule has 1 saturated carbocycles. The van der Waals surface area contributed by atoms with Crippen LogP contribution in [0.15, 0.2) is 18.3 Å². The third-order valence-corrected chi connectivity index (χ3v) is 3.05. The Bertz CT molecular complexity index is 405. The molecule has 1 aliphatic carbocycles. The van der Waals surface area contributed by atoms with Gasteiger partial charge in [-0.15, -0.1) is 0 Å². The fraction of sp³-hybridized carbons (Fsp3) is 0.500. The van der Waals surface area contributed by atoms with Crippen LogP contribution in [0, 0.1) is 11.3 Å². The average Bonchev–Trinajstić information content (AvgIpc) is 2.74. The number of rotatable bonds is 3. The van der Waals surface area contributed by atoms with Crippen LogP contribution in [0.3, 0.4) is 0 Å². The fourth-order valence-electron chi connectivity index (χ4n) is 2.09. The van der Waals surface area contributed by atoms with Gasteiger partial charge in [-0.1, -0.05) is 12.8 Å². The number of nitriles is 1. The Morgan fingerprint density at radius 1 is 1.50 bits per heavy atom. The Balaban J connectivity index is 2.02. The Morgan fingerprint density at radius 3 is 2.94 bits per heavy atom. The summed E-state index contributed by atoms with van der Waals surface area (Å²) in [5.41, 5.74) is -0.103. The van der Waals surface area contributed by atoms with Crippen molar-refractivity contribution in [3.05, 3.63) is 23.9 Å². The summed E-state index contributed by atoms with van der Waals surface area (Å²) in [4.78, 5) is 4.10. The van der Waals surface area contributed by atoms with E-state index < -0.39 is 5.60 Å². The summed E-state index contributed by atoms with van der Waals surface area (Å²) < 4.78 is 0. The molecule has 4 heteroatoms. The van der Waals surface area contributed by atoms with Gasteiger partial charge < -0.3 is 10.4 Å². The fourth-order valence-corrected chi connectivity index (χ4v) is 2.09. The summed E-state index contributed by atoms with van der Waals surface area (Å²) in [6, 6.07) is 5.52. The molecule has 1 fully saturated rings. The molecule has 0 unspecified atom stereocenters.